The minimum Gasteiger partial charge on any atom is -0.459 e. The van der Waals surface area contributed by atoms with Gasteiger partial charge in [-0.15, -0.1) is 0 Å². The molecule has 0 unspecified atom stereocenters. The lowest BCUT2D eigenvalue weighted by Crippen LogP contribution is -2.41. The highest BCUT2D eigenvalue weighted by molar-refractivity contribution is 5.91. The largest absolute Gasteiger partial charge is 0.459 e. The van der Waals surface area contributed by atoms with E-state index in [1.54, 1.807) is 0 Å². The van der Waals surface area contributed by atoms with Gasteiger partial charge >= 0.3 is 0 Å². The number of nitrogens with one attached hydrogen (secondary N) is 1. The maximum absolute atomic E-state index is 12.8. The lowest BCUT2D eigenvalue weighted by atomic mass is 9.77. The molecule has 1 aliphatic heterocycles. The lowest BCUT2D eigenvalue weighted by Gasteiger charge is -2.36. The van der Waals surface area contributed by atoms with Gasteiger partial charge in [-0.05, 0) is 41.4 Å². The quantitative estimate of drug-likeness (QED) is 0.740. The van der Waals surface area contributed by atoms with E-state index in [1.807, 2.05) is 30.3 Å². The second-order valence-electron chi connectivity index (χ2n) is 9.38. The van der Waals surface area contributed by atoms with Crippen molar-refractivity contribution in [3.8, 4) is 0 Å². The molecule has 0 bridgehead atoms. The molecule has 0 saturated heterocycles. The normalized spacial score (nSPS) is 23.2. The van der Waals surface area contributed by atoms with Crippen molar-refractivity contribution < 1.29 is 19.4 Å². The van der Waals surface area contributed by atoms with Crippen LogP contribution in [0.2, 0.25) is 0 Å². The lowest BCUT2D eigenvalue weighted by molar-refractivity contribution is -0.157. The van der Waals surface area contributed by atoms with Crippen molar-refractivity contribution >= 4 is 5.91 Å². The summed E-state index contributed by atoms with van der Waals surface area (Å²) in [6.45, 7) is 6.98. The van der Waals surface area contributed by atoms with Crippen molar-refractivity contribution in [2.75, 3.05) is 0 Å². The number of aliphatic hydroxyl groups excluding tert-OH is 1. The second-order valence-corrected chi connectivity index (χ2v) is 9.38. The van der Waals surface area contributed by atoms with Gasteiger partial charge in [-0.2, -0.15) is 0 Å². The molecule has 2 N–H and O–H groups in total. The van der Waals surface area contributed by atoms with Gasteiger partial charge in [0.1, 0.15) is 0 Å². The number of hydrogen-bond donors (Lipinski definition) is 2. The highest BCUT2D eigenvalue weighted by Gasteiger charge is 2.34. The first kappa shape index (κ1) is 21.8. The highest BCUT2D eigenvalue weighted by Crippen LogP contribution is 2.36. The summed E-state index contributed by atoms with van der Waals surface area (Å²) in [5.74, 6) is 0.472. The van der Waals surface area contributed by atoms with Crippen molar-refractivity contribution in [1.82, 2.24) is 5.32 Å². The third-order valence-electron chi connectivity index (χ3n) is 5.98. The third kappa shape index (κ3) is 6.31. The number of rotatable bonds is 6. The zero-order valence-corrected chi connectivity index (χ0v) is 17.9. The number of aliphatic hydroxyl groups is 1. The summed E-state index contributed by atoms with van der Waals surface area (Å²) >= 11 is 0. The van der Waals surface area contributed by atoms with Gasteiger partial charge in [0.2, 0.25) is 6.29 Å². The topological polar surface area (TPSA) is 67.8 Å². The first-order valence-electron chi connectivity index (χ1n) is 10.8. The molecular weight excluding hydrogens is 366 g/mol. The van der Waals surface area contributed by atoms with Crippen LogP contribution in [0.15, 0.2) is 36.1 Å². The molecule has 2 atom stereocenters. The van der Waals surface area contributed by atoms with Gasteiger partial charge in [-0.1, -0.05) is 64.3 Å². The summed E-state index contributed by atoms with van der Waals surface area (Å²) in [5.41, 5.74) is 1.91. The molecule has 2 aliphatic rings. The first-order valence-corrected chi connectivity index (χ1v) is 10.8. The Morgan fingerprint density at radius 3 is 2.41 bits per heavy atom. The average Bonchev–Trinajstić information content (AvgIpc) is 2.72. The Balaban J connectivity index is 1.63. The third-order valence-corrected chi connectivity index (χ3v) is 5.98. The smallest absolute Gasteiger partial charge is 0.286 e. The van der Waals surface area contributed by atoms with E-state index in [1.165, 1.54) is 19.3 Å². The van der Waals surface area contributed by atoms with Gasteiger partial charge < -0.3 is 19.9 Å². The van der Waals surface area contributed by atoms with Crippen molar-refractivity contribution in [2.45, 2.75) is 84.8 Å². The Morgan fingerprint density at radius 1 is 1.14 bits per heavy atom. The van der Waals surface area contributed by atoms with Crippen molar-refractivity contribution in [1.29, 1.82) is 0 Å². The van der Waals surface area contributed by atoms with E-state index in [0.717, 1.165) is 30.4 Å². The molecule has 1 heterocycles. The van der Waals surface area contributed by atoms with Crippen molar-refractivity contribution in [2.24, 2.45) is 11.3 Å². The summed E-state index contributed by atoms with van der Waals surface area (Å²) in [5, 5.41) is 12.3. The Bertz CT molecular complexity index is 699. The van der Waals surface area contributed by atoms with Crippen molar-refractivity contribution in [3.63, 3.8) is 0 Å². The van der Waals surface area contributed by atoms with E-state index in [9.17, 15) is 9.90 Å². The molecule has 1 saturated carbocycles. The van der Waals surface area contributed by atoms with Gasteiger partial charge in [-0.3, -0.25) is 4.79 Å². The van der Waals surface area contributed by atoms with E-state index >= 15 is 0 Å². The van der Waals surface area contributed by atoms with Crippen LogP contribution in [0.25, 0.3) is 0 Å². The summed E-state index contributed by atoms with van der Waals surface area (Å²) in [6, 6.07) is 7.92. The van der Waals surface area contributed by atoms with Crippen LogP contribution in [0.1, 0.15) is 70.4 Å². The van der Waals surface area contributed by atoms with Crippen LogP contribution >= 0.6 is 0 Å². The number of benzene rings is 1. The molecule has 0 aromatic heterocycles. The van der Waals surface area contributed by atoms with Gasteiger partial charge in [-0.25, -0.2) is 0 Å². The maximum Gasteiger partial charge on any atom is 0.286 e. The van der Waals surface area contributed by atoms with Crippen LogP contribution in [0.5, 0.6) is 0 Å². The number of carbonyl (C=O) groups excluding carboxylic acids is 1. The number of hydrogen-bond acceptors (Lipinski definition) is 4. The standard InChI is InChI=1S/C24H35NO4/c1-24(2,3)19-13-21(23(27)25-20-7-5-4-6-8-20)29-22(14-19)28-16-18-11-9-17(15-26)10-12-18/h9-13,19-20,22,26H,4-8,14-16H2,1-3H3,(H,25,27)/t19-,22+/m0/s1. The monoisotopic (exact) mass is 401 g/mol. The molecule has 1 aromatic carbocycles. The predicted octanol–water partition coefficient (Wildman–Crippen LogP) is 4.44. The van der Waals surface area contributed by atoms with Gasteiger partial charge in [0.05, 0.1) is 13.2 Å². The second kappa shape index (κ2) is 9.77. The zero-order chi connectivity index (χ0) is 20.9. The number of ether oxygens (including phenoxy) is 2. The summed E-state index contributed by atoms with van der Waals surface area (Å²) in [4.78, 5) is 12.8. The number of allylic oxidation sites excluding steroid dienone is 1. The summed E-state index contributed by atoms with van der Waals surface area (Å²) < 4.78 is 12.0. The SMILES string of the molecule is CC(C)(C)[C@H]1C=C(C(=O)NC2CCCCC2)O[C@@H](OCc2ccc(CO)cc2)C1. The van der Waals surface area contributed by atoms with Crippen LogP contribution < -0.4 is 5.32 Å². The molecule has 3 rings (SSSR count). The number of amides is 1. The Kier molecular flexibility index (Phi) is 7.36. The molecule has 5 heteroatoms. The van der Waals surface area contributed by atoms with Crippen LogP contribution in [-0.2, 0) is 27.5 Å². The van der Waals surface area contributed by atoms with E-state index in [-0.39, 0.29) is 29.9 Å². The summed E-state index contributed by atoms with van der Waals surface area (Å²) in [6.07, 6.45) is 7.96. The molecule has 5 nitrogen and oxygen atoms in total. The zero-order valence-electron chi connectivity index (χ0n) is 17.9. The Hall–Kier alpha value is -1.85. The fourth-order valence-electron chi connectivity index (χ4n) is 3.96. The van der Waals surface area contributed by atoms with Crippen molar-refractivity contribution in [3.05, 3.63) is 47.2 Å². The molecule has 29 heavy (non-hydrogen) atoms. The van der Waals surface area contributed by atoms with Crippen LogP contribution in [0.4, 0.5) is 0 Å². The van der Waals surface area contributed by atoms with Crippen LogP contribution in [-0.4, -0.2) is 23.3 Å². The fraction of sp³-hybridized carbons (Fsp3) is 0.625. The fourth-order valence-corrected chi connectivity index (χ4v) is 3.96. The van der Waals surface area contributed by atoms with E-state index < -0.39 is 6.29 Å². The summed E-state index contributed by atoms with van der Waals surface area (Å²) in [7, 11) is 0. The van der Waals surface area contributed by atoms with E-state index in [4.69, 9.17) is 9.47 Å². The molecule has 1 fully saturated rings. The van der Waals surface area contributed by atoms with Crippen LogP contribution in [0, 0.1) is 11.3 Å². The van der Waals surface area contributed by atoms with E-state index in [2.05, 4.69) is 26.1 Å². The minimum atomic E-state index is -0.450. The molecule has 1 aromatic rings. The van der Waals surface area contributed by atoms with Crippen LogP contribution in [0.3, 0.4) is 0 Å². The predicted molar refractivity (Wildman–Crippen MR) is 113 cm³/mol. The first-order chi connectivity index (χ1) is 13.8. The Morgan fingerprint density at radius 2 is 1.79 bits per heavy atom. The molecule has 0 radical (unpaired) electrons. The minimum absolute atomic E-state index is 0.0184. The Labute approximate surface area is 174 Å². The maximum atomic E-state index is 12.8. The highest BCUT2D eigenvalue weighted by atomic mass is 16.7. The molecule has 1 amide bonds. The average molecular weight is 402 g/mol. The molecule has 160 valence electrons. The number of carbonyl (C=O) groups is 1. The molecule has 0 spiro atoms. The molecular formula is C24H35NO4. The van der Waals surface area contributed by atoms with E-state index in [0.29, 0.717) is 12.4 Å². The molecule has 1 aliphatic carbocycles. The van der Waals surface area contributed by atoms with Gasteiger partial charge in [0, 0.05) is 12.5 Å². The van der Waals surface area contributed by atoms with Gasteiger partial charge in [0.15, 0.2) is 5.76 Å². The van der Waals surface area contributed by atoms with Gasteiger partial charge in [0.25, 0.3) is 5.91 Å².